The molecule has 0 N–H and O–H groups in total. The van der Waals surface area contributed by atoms with Crippen LogP contribution in [0.2, 0.25) is 5.02 Å². The molecule has 0 saturated heterocycles. The zero-order valence-corrected chi connectivity index (χ0v) is 12.8. The Morgan fingerprint density at radius 1 is 1.14 bits per heavy atom. The molecule has 2 aromatic carbocycles. The van der Waals surface area contributed by atoms with Crippen LogP contribution in [0.4, 0.5) is 0 Å². The van der Waals surface area contributed by atoms with Gasteiger partial charge in [-0.15, -0.1) is 0 Å². The van der Waals surface area contributed by atoms with Crippen LogP contribution in [0.25, 0.3) is 10.9 Å². The molecular weight excluding hydrogens is 296 g/mol. The van der Waals surface area contributed by atoms with Crippen LogP contribution >= 0.6 is 11.6 Å². The van der Waals surface area contributed by atoms with Crippen LogP contribution in [-0.2, 0) is 6.61 Å². The van der Waals surface area contributed by atoms with Gasteiger partial charge in [0.2, 0.25) is 0 Å². The topological polar surface area (TPSA) is 45.9 Å². The minimum Gasteiger partial charge on any atom is -0.489 e. The van der Waals surface area contributed by atoms with Crippen molar-refractivity contribution in [3.8, 4) is 11.8 Å². The summed E-state index contributed by atoms with van der Waals surface area (Å²) in [6.45, 7) is 2.36. The molecule has 3 rings (SSSR count). The van der Waals surface area contributed by atoms with Crippen LogP contribution in [-0.4, -0.2) is 4.98 Å². The first-order chi connectivity index (χ1) is 10.7. The number of aryl methyl sites for hydroxylation is 1. The number of rotatable bonds is 3. The van der Waals surface area contributed by atoms with Crippen molar-refractivity contribution in [1.82, 2.24) is 4.98 Å². The molecule has 0 aliphatic heterocycles. The lowest BCUT2D eigenvalue weighted by Gasteiger charge is -2.08. The van der Waals surface area contributed by atoms with Crippen molar-refractivity contribution in [2.24, 2.45) is 0 Å². The van der Waals surface area contributed by atoms with Gasteiger partial charge in [-0.2, -0.15) is 5.26 Å². The number of pyridine rings is 1. The third kappa shape index (κ3) is 3.03. The summed E-state index contributed by atoms with van der Waals surface area (Å²) < 4.78 is 5.73. The van der Waals surface area contributed by atoms with E-state index in [1.54, 1.807) is 24.3 Å². The number of hydrogen-bond donors (Lipinski definition) is 0. The second kappa shape index (κ2) is 6.05. The van der Waals surface area contributed by atoms with Crippen LogP contribution in [0.3, 0.4) is 0 Å². The Morgan fingerprint density at radius 3 is 2.64 bits per heavy atom. The minimum atomic E-state index is 0.440. The number of hydrogen-bond acceptors (Lipinski definition) is 3. The highest BCUT2D eigenvalue weighted by Crippen LogP contribution is 2.24. The number of halogens is 1. The Bertz CT molecular complexity index is 867. The molecule has 4 heteroatoms. The molecule has 0 fully saturated rings. The monoisotopic (exact) mass is 308 g/mol. The van der Waals surface area contributed by atoms with Crippen LogP contribution in [0, 0.1) is 18.3 Å². The Hall–Kier alpha value is -2.57. The highest BCUT2D eigenvalue weighted by Gasteiger charge is 2.04. The predicted octanol–water partition coefficient (Wildman–Crippen LogP) is 4.65. The maximum Gasteiger partial charge on any atom is 0.119 e. The minimum absolute atomic E-state index is 0.440. The van der Waals surface area contributed by atoms with Crippen molar-refractivity contribution in [2.75, 3.05) is 0 Å². The van der Waals surface area contributed by atoms with E-state index < -0.39 is 0 Å². The Morgan fingerprint density at radius 2 is 1.91 bits per heavy atom. The van der Waals surface area contributed by atoms with Crippen molar-refractivity contribution in [3.05, 3.63) is 70.4 Å². The standard InChI is InChI=1S/C18H13ClN2O/c1-12-8-17(19)16-7-4-14(9-18(16)21-12)11-22-15-5-2-13(10-20)3-6-15/h2-9H,11H2,1H3. The molecule has 0 amide bonds. The predicted molar refractivity (Wildman–Crippen MR) is 87.0 cm³/mol. The Kier molecular flexibility index (Phi) is 3.95. The molecule has 0 atom stereocenters. The fourth-order valence-corrected chi connectivity index (χ4v) is 2.55. The zero-order valence-electron chi connectivity index (χ0n) is 12.0. The fourth-order valence-electron chi connectivity index (χ4n) is 2.24. The quantitative estimate of drug-likeness (QED) is 0.707. The van der Waals surface area contributed by atoms with Crippen molar-refractivity contribution < 1.29 is 4.74 Å². The van der Waals surface area contributed by atoms with Crippen molar-refractivity contribution in [3.63, 3.8) is 0 Å². The molecule has 0 aliphatic rings. The van der Waals surface area contributed by atoms with Crippen molar-refractivity contribution in [2.45, 2.75) is 13.5 Å². The summed E-state index contributed by atoms with van der Waals surface area (Å²) in [6.07, 6.45) is 0. The number of benzene rings is 2. The highest BCUT2D eigenvalue weighted by atomic mass is 35.5. The van der Waals surface area contributed by atoms with E-state index in [2.05, 4.69) is 11.1 Å². The number of ether oxygens (including phenoxy) is 1. The summed E-state index contributed by atoms with van der Waals surface area (Å²) in [4.78, 5) is 4.50. The second-order valence-electron chi connectivity index (χ2n) is 5.02. The smallest absolute Gasteiger partial charge is 0.119 e. The van der Waals surface area contributed by atoms with Gasteiger partial charge in [0.25, 0.3) is 0 Å². The normalized spacial score (nSPS) is 10.4. The van der Waals surface area contributed by atoms with E-state index in [0.29, 0.717) is 17.2 Å². The first-order valence-corrected chi connectivity index (χ1v) is 7.22. The summed E-state index contributed by atoms with van der Waals surface area (Å²) in [6, 6.07) is 16.9. The van der Waals surface area contributed by atoms with Gasteiger partial charge in [0.15, 0.2) is 0 Å². The van der Waals surface area contributed by atoms with Crippen LogP contribution < -0.4 is 4.74 Å². The van der Waals surface area contributed by atoms with Gasteiger partial charge in [-0.25, -0.2) is 0 Å². The molecule has 108 valence electrons. The van der Waals surface area contributed by atoms with E-state index in [0.717, 1.165) is 27.9 Å². The third-order valence-electron chi connectivity index (χ3n) is 3.34. The lowest BCUT2D eigenvalue weighted by Crippen LogP contribution is -1.96. The lowest BCUT2D eigenvalue weighted by atomic mass is 10.1. The van der Waals surface area contributed by atoms with Gasteiger partial charge in [-0.3, -0.25) is 4.98 Å². The van der Waals surface area contributed by atoms with E-state index in [1.807, 2.05) is 31.2 Å². The summed E-state index contributed by atoms with van der Waals surface area (Å²) >= 11 is 6.22. The molecule has 0 unspecified atom stereocenters. The van der Waals surface area contributed by atoms with Gasteiger partial charge < -0.3 is 4.74 Å². The summed E-state index contributed by atoms with van der Waals surface area (Å²) in [5.74, 6) is 0.731. The van der Waals surface area contributed by atoms with E-state index in [1.165, 1.54) is 0 Å². The molecule has 0 bridgehead atoms. The van der Waals surface area contributed by atoms with Crippen molar-refractivity contribution >= 4 is 22.5 Å². The van der Waals surface area contributed by atoms with Crippen LogP contribution in [0.15, 0.2) is 48.5 Å². The molecule has 22 heavy (non-hydrogen) atoms. The Labute approximate surface area is 133 Å². The fraction of sp³-hybridized carbons (Fsp3) is 0.111. The third-order valence-corrected chi connectivity index (χ3v) is 3.65. The number of aromatic nitrogens is 1. The first-order valence-electron chi connectivity index (χ1n) is 6.84. The van der Waals surface area contributed by atoms with Gasteiger partial charge in [-0.05, 0) is 48.9 Å². The van der Waals surface area contributed by atoms with Gasteiger partial charge in [-0.1, -0.05) is 23.7 Å². The lowest BCUT2D eigenvalue weighted by molar-refractivity contribution is 0.306. The number of nitrogens with zero attached hydrogens (tertiary/aromatic N) is 2. The molecule has 3 aromatic rings. The maximum atomic E-state index is 8.77. The van der Waals surface area contributed by atoms with Crippen LogP contribution in [0.1, 0.15) is 16.8 Å². The molecular formula is C18H13ClN2O. The Balaban J connectivity index is 1.80. The highest BCUT2D eigenvalue weighted by molar-refractivity contribution is 6.35. The molecule has 1 aromatic heterocycles. The largest absolute Gasteiger partial charge is 0.489 e. The van der Waals surface area contributed by atoms with Crippen LogP contribution in [0.5, 0.6) is 5.75 Å². The summed E-state index contributed by atoms with van der Waals surface area (Å²) in [7, 11) is 0. The van der Waals surface area contributed by atoms with E-state index in [-0.39, 0.29) is 0 Å². The number of fused-ring (bicyclic) bond motifs is 1. The summed E-state index contributed by atoms with van der Waals surface area (Å²) in [5, 5.41) is 10.4. The van der Waals surface area contributed by atoms with Gasteiger partial charge in [0.05, 0.1) is 22.2 Å². The van der Waals surface area contributed by atoms with Gasteiger partial charge >= 0.3 is 0 Å². The van der Waals surface area contributed by atoms with E-state index >= 15 is 0 Å². The molecule has 1 heterocycles. The van der Waals surface area contributed by atoms with Gasteiger partial charge in [0.1, 0.15) is 12.4 Å². The molecule has 0 saturated carbocycles. The summed E-state index contributed by atoms with van der Waals surface area (Å²) in [5.41, 5.74) is 3.40. The second-order valence-corrected chi connectivity index (χ2v) is 5.43. The van der Waals surface area contributed by atoms with E-state index in [9.17, 15) is 0 Å². The van der Waals surface area contributed by atoms with E-state index in [4.69, 9.17) is 21.6 Å². The SMILES string of the molecule is Cc1cc(Cl)c2ccc(COc3ccc(C#N)cc3)cc2n1. The zero-order chi connectivity index (χ0) is 15.5. The maximum absolute atomic E-state index is 8.77. The molecule has 0 spiro atoms. The average molecular weight is 309 g/mol. The molecule has 3 nitrogen and oxygen atoms in total. The molecule has 0 aliphatic carbocycles. The van der Waals surface area contributed by atoms with Crippen molar-refractivity contribution in [1.29, 1.82) is 5.26 Å². The molecule has 0 radical (unpaired) electrons. The average Bonchev–Trinajstić information content (AvgIpc) is 2.53. The van der Waals surface area contributed by atoms with Gasteiger partial charge in [0, 0.05) is 11.1 Å². The first kappa shape index (κ1) is 14.4. The number of nitriles is 1.